The summed E-state index contributed by atoms with van der Waals surface area (Å²) in [5.41, 5.74) is 6.05. The van der Waals surface area contributed by atoms with Crippen molar-refractivity contribution in [3.8, 4) is 11.3 Å². The van der Waals surface area contributed by atoms with E-state index in [0.717, 1.165) is 42.5 Å². The predicted octanol–water partition coefficient (Wildman–Crippen LogP) is 11.4. The Bertz CT molecular complexity index is 1530. The molecule has 1 fully saturated rings. The summed E-state index contributed by atoms with van der Waals surface area (Å²) in [5.74, 6) is 1.67. The minimum atomic E-state index is 0. The molecule has 1 N–H and O–H groups in total. The summed E-state index contributed by atoms with van der Waals surface area (Å²) in [4.78, 5) is 21.0. The van der Waals surface area contributed by atoms with Crippen LogP contribution in [0.4, 0.5) is 0 Å². The van der Waals surface area contributed by atoms with Crippen LogP contribution < -0.4 is 0 Å². The normalized spacial score (nSPS) is 14.2. The zero-order valence-corrected chi connectivity index (χ0v) is 30.5. The number of carbonyl (C=O) groups excluding carboxylic acids is 1. The van der Waals surface area contributed by atoms with Gasteiger partial charge < -0.3 is 5.11 Å². The third kappa shape index (κ3) is 8.44. The molecule has 4 aromatic rings. The first-order valence-electron chi connectivity index (χ1n) is 16.4. The number of aliphatic hydroxyl groups excluding tert-OH is 1. The van der Waals surface area contributed by atoms with Gasteiger partial charge in [-0.15, -0.1) is 40.5 Å². The van der Waals surface area contributed by atoms with Crippen LogP contribution in [-0.4, -0.2) is 20.9 Å². The van der Waals surface area contributed by atoms with Crippen LogP contribution in [0.1, 0.15) is 122 Å². The Kier molecular flexibility index (Phi) is 14.2. The molecule has 2 aromatic carbocycles. The molecule has 0 spiro atoms. The number of aliphatic hydroxyl groups is 1. The number of carbonyl (C=O) groups is 1. The molecule has 0 saturated heterocycles. The van der Waals surface area contributed by atoms with Crippen LogP contribution in [0.2, 0.25) is 0 Å². The Hall–Kier alpha value is -2.40. The van der Waals surface area contributed by atoms with Crippen molar-refractivity contribution in [3.63, 3.8) is 0 Å². The van der Waals surface area contributed by atoms with Crippen LogP contribution in [0.15, 0.2) is 53.9 Å². The number of aromatic nitrogens is 2. The Morgan fingerprint density at radius 2 is 1.66 bits per heavy atom. The quantitative estimate of drug-likeness (QED) is 0.0987. The standard InChI is InChI=1S/C25H25N2S.C13H24O2.Ir/c1-16(2)22-14-28-25-23(26-15-27-24(22)25)19-12-18-10-6-7-11-20(18)21(13-19)17-8-4-3-5-9-17;1-5-10(6-2)12(14)9-13(15)11(7-3)8-4;/h6-7,10-11,13-17H,3-5,8-9H2,1-2H3;9-11,14H,5-8H2,1-4H3;/q-1;;/b;12-9-;. The molecule has 2 aromatic heterocycles. The molecule has 1 saturated carbocycles. The molecule has 0 aliphatic heterocycles. The van der Waals surface area contributed by atoms with Crippen molar-refractivity contribution in [2.24, 2.45) is 11.8 Å². The van der Waals surface area contributed by atoms with E-state index in [1.54, 1.807) is 17.7 Å². The molecule has 0 atom stereocenters. The number of allylic oxidation sites excluding steroid dienone is 2. The van der Waals surface area contributed by atoms with Gasteiger partial charge in [-0.05, 0) is 61.3 Å². The smallest absolute Gasteiger partial charge is 0.162 e. The zero-order valence-electron chi connectivity index (χ0n) is 27.3. The maximum Gasteiger partial charge on any atom is 0.162 e. The van der Waals surface area contributed by atoms with E-state index in [4.69, 9.17) is 4.98 Å². The summed E-state index contributed by atoms with van der Waals surface area (Å²) in [7, 11) is 0. The molecule has 6 heteroatoms. The topological polar surface area (TPSA) is 63.1 Å². The molecule has 44 heavy (non-hydrogen) atoms. The van der Waals surface area contributed by atoms with Gasteiger partial charge in [0.15, 0.2) is 5.78 Å². The van der Waals surface area contributed by atoms with Crippen LogP contribution in [0, 0.1) is 17.9 Å². The van der Waals surface area contributed by atoms with Gasteiger partial charge in [-0.1, -0.05) is 90.0 Å². The Morgan fingerprint density at radius 1 is 1.00 bits per heavy atom. The molecule has 2 heterocycles. The van der Waals surface area contributed by atoms with E-state index in [1.807, 2.05) is 27.7 Å². The summed E-state index contributed by atoms with van der Waals surface area (Å²) in [5, 5.41) is 14.6. The van der Waals surface area contributed by atoms with Gasteiger partial charge in [-0.2, -0.15) is 0 Å². The number of hydrogen-bond donors (Lipinski definition) is 1. The van der Waals surface area contributed by atoms with Gasteiger partial charge in [0, 0.05) is 48.4 Å². The first kappa shape index (κ1) is 36.1. The predicted molar refractivity (Wildman–Crippen MR) is 183 cm³/mol. The number of nitrogens with zero attached hydrogens (tertiary/aromatic N) is 2. The first-order chi connectivity index (χ1) is 20.8. The number of hydrogen-bond acceptors (Lipinski definition) is 5. The Morgan fingerprint density at radius 3 is 2.30 bits per heavy atom. The van der Waals surface area contributed by atoms with Crippen molar-refractivity contribution in [2.75, 3.05) is 0 Å². The fraction of sp³-hybridized carbons (Fsp3) is 0.500. The van der Waals surface area contributed by atoms with Gasteiger partial charge in [0.1, 0.15) is 6.33 Å². The molecule has 4 nitrogen and oxygen atoms in total. The molecular weight excluding hydrogens is 741 g/mol. The molecule has 239 valence electrons. The maximum atomic E-state index is 11.7. The fourth-order valence-electron chi connectivity index (χ4n) is 6.39. The van der Waals surface area contributed by atoms with Crippen molar-refractivity contribution in [3.05, 3.63) is 71.1 Å². The van der Waals surface area contributed by atoms with Crippen molar-refractivity contribution < 1.29 is 30.0 Å². The molecule has 0 unspecified atom stereocenters. The van der Waals surface area contributed by atoms with Crippen LogP contribution >= 0.6 is 11.3 Å². The van der Waals surface area contributed by atoms with E-state index in [2.05, 4.69) is 60.6 Å². The van der Waals surface area contributed by atoms with Gasteiger partial charge in [-0.3, -0.25) is 9.78 Å². The molecule has 5 rings (SSSR count). The summed E-state index contributed by atoms with van der Waals surface area (Å²) in [6.07, 6.45) is 13.3. The number of ketones is 1. The van der Waals surface area contributed by atoms with Crippen molar-refractivity contribution in [2.45, 2.75) is 111 Å². The SMILES string of the molecule is CC(C)c1csc2c(-c3[c-]c4ccccc4c(C4CCCCC4)c3)ncnc12.CCC(CC)C(=O)/C=C(\O)C(CC)CC.[Ir]. The Balaban J connectivity index is 0.000000286. The second kappa shape index (κ2) is 17.3. The summed E-state index contributed by atoms with van der Waals surface area (Å²) < 4.78 is 1.19. The molecule has 0 amide bonds. The van der Waals surface area contributed by atoms with Crippen molar-refractivity contribution in [1.82, 2.24) is 9.97 Å². The maximum absolute atomic E-state index is 11.7. The van der Waals surface area contributed by atoms with Crippen LogP contribution in [0.3, 0.4) is 0 Å². The van der Waals surface area contributed by atoms with Crippen LogP contribution in [0.5, 0.6) is 0 Å². The summed E-state index contributed by atoms with van der Waals surface area (Å²) in [6.45, 7) is 12.5. The van der Waals surface area contributed by atoms with E-state index >= 15 is 0 Å². The zero-order chi connectivity index (χ0) is 30.9. The number of benzene rings is 2. The molecule has 1 radical (unpaired) electrons. The summed E-state index contributed by atoms with van der Waals surface area (Å²) >= 11 is 1.77. The number of rotatable bonds is 10. The second-order valence-electron chi connectivity index (χ2n) is 12.3. The first-order valence-corrected chi connectivity index (χ1v) is 17.3. The average Bonchev–Trinajstić information content (AvgIpc) is 3.47. The third-order valence-corrected chi connectivity index (χ3v) is 10.2. The van der Waals surface area contributed by atoms with Crippen molar-refractivity contribution in [1.29, 1.82) is 0 Å². The van der Waals surface area contributed by atoms with E-state index < -0.39 is 0 Å². The molecule has 1 aliphatic rings. The molecule has 0 bridgehead atoms. The van der Waals surface area contributed by atoms with Gasteiger partial charge in [0.25, 0.3) is 0 Å². The number of thiophene rings is 1. The van der Waals surface area contributed by atoms with Crippen LogP contribution in [-0.2, 0) is 24.9 Å². The van der Waals surface area contributed by atoms with E-state index in [0.29, 0.717) is 11.8 Å². The van der Waals surface area contributed by atoms with Crippen molar-refractivity contribution >= 4 is 38.1 Å². The fourth-order valence-corrected chi connectivity index (χ4v) is 7.57. The van der Waals surface area contributed by atoms with Gasteiger partial charge >= 0.3 is 0 Å². The minimum Gasteiger partial charge on any atom is -0.512 e. The average molecular weight is 790 g/mol. The Labute approximate surface area is 282 Å². The van der Waals surface area contributed by atoms with E-state index in [-0.39, 0.29) is 43.5 Å². The number of fused-ring (bicyclic) bond motifs is 2. The van der Waals surface area contributed by atoms with Gasteiger partial charge in [0.2, 0.25) is 0 Å². The second-order valence-corrected chi connectivity index (χ2v) is 13.1. The summed E-state index contributed by atoms with van der Waals surface area (Å²) in [6, 6.07) is 14.8. The molecular formula is C38H49IrN2O2S-. The van der Waals surface area contributed by atoms with E-state index in [9.17, 15) is 9.90 Å². The monoisotopic (exact) mass is 790 g/mol. The third-order valence-electron chi connectivity index (χ3n) is 9.19. The minimum absolute atomic E-state index is 0. The van der Waals surface area contributed by atoms with Crippen LogP contribution in [0.25, 0.3) is 32.2 Å². The largest absolute Gasteiger partial charge is 0.512 e. The molecule has 1 aliphatic carbocycles. The van der Waals surface area contributed by atoms with Gasteiger partial charge in [0.05, 0.1) is 11.3 Å². The van der Waals surface area contributed by atoms with Gasteiger partial charge in [-0.25, -0.2) is 4.98 Å². The van der Waals surface area contributed by atoms with E-state index in [1.165, 1.54) is 64.8 Å².